The van der Waals surface area contributed by atoms with Crippen molar-refractivity contribution in [1.29, 1.82) is 0 Å². The van der Waals surface area contributed by atoms with Crippen LogP contribution >= 0.6 is 11.6 Å². The van der Waals surface area contributed by atoms with Crippen LogP contribution in [0.1, 0.15) is 16.7 Å². The first kappa shape index (κ1) is 13.1. The average Bonchev–Trinajstić information content (AvgIpc) is 2.29. The van der Waals surface area contributed by atoms with Gasteiger partial charge in [0, 0.05) is 12.1 Å². The molecule has 0 radical (unpaired) electrons. The molecule has 1 rings (SSSR count). The molecule has 1 aromatic carbocycles. The van der Waals surface area contributed by atoms with E-state index in [4.69, 9.17) is 22.1 Å². The van der Waals surface area contributed by atoms with Crippen LogP contribution < -0.4 is 15.4 Å². The quantitative estimate of drug-likeness (QED) is 0.829. The van der Waals surface area contributed by atoms with Crippen LogP contribution in [0.2, 0.25) is 5.02 Å². The smallest absolute Gasteiger partial charge is 0.145 e. The first-order chi connectivity index (χ1) is 7.45. The predicted molar refractivity (Wildman–Crippen MR) is 69.7 cm³/mol. The Balaban J connectivity index is 3.57. The van der Waals surface area contributed by atoms with Gasteiger partial charge in [0.05, 0.1) is 19.5 Å². The molecule has 2 N–H and O–H groups in total. The summed E-state index contributed by atoms with van der Waals surface area (Å²) in [5.41, 5.74) is 9.77. The number of rotatable bonds is 3. The van der Waals surface area contributed by atoms with Crippen LogP contribution in [0.5, 0.6) is 5.75 Å². The highest BCUT2D eigenvalue weighted by Crippen LogP contribution is 2.41. The number of nitrogens with two attached hydrogens (primary N) is 1. The molecule has 0 spiro atoms. The highest BCUT2D eigenvalue weighted by Gasteiger charge is 2.18. The van der Waals surface area contributed by atoms with E-state index in [1.807, 2.05) is 32.7 Å². The standard InChI is InChI=1S/C12H19ClN2O/c1-7-8(2)12(16-5)11(15(4)6-14)9(3)10(7)13/h6,14H2,1-5H3. The summed E-state index contributed by atoms with van der Waals surface area (Å²) >= 11 is 6.30. The Bertz CT molecular complexity index is 405. The van der Waals surface area contributed by atoms with E-state index in [9.17, 15) is 0 Å². The zero-order valence-corrected chi connectivity index (χ0v) is 11.3. The molecule has 90 valence electrons. The molecule has 3 nitrogen and oxygen atoms in total. The number of methoxy groups -OCH3 is 1. The predicted octanol–water partition coefficient (Wildman–Crippen LogP) is 2.63. The third-order valence-corrected chi connectivity index (χ3v) is 3.56. The monoisotopic (exact) mass is 242 g/mol. The third kappa shape index (κ3) is 1.97. The summed E-state index contributed by atoms with van der Waals surface area (Å²) in [7, 11) is 3.60. The van der Waals surface area contributed by atoms with Crippen molar-refractivity contribution in [3.05, 3.63) is 21.7 Å². The molecule has 0 atom stereocenters. The normalized spacial score (nSPS) is 10.4. The number of ether oxygens (including phenoxy) is 1. The lowest BCUT2D eigenvalue weighted by atomic mass is 10.0. The zero-order valence-electron chi connectivity index (χ0n) is 10.5. The van der Waals surface area contributed by atoms with Gasteiger partial charge in [-0.2, -0.15) is 0 Å². The van der Waals surface area contributed by atoms with E-state index in [1.165, 1.54) is 0 Å². The van der Waals surface area contributed by atoms with Gasteiger partial charge in [0.1, 0.15) is 5.75 Å². The Hall–Kier alpha value is -0.930. The summed E-state index contributed by atoms with van der Waals surface area (Å²) in [6.07, 6.45) is 0. The van der Waals surface area contributed by atoms with Crippen LogP contribution in [0.15, 0.2) is 0 Å². The highest BCUT2D eigenvalue weighted by molar-refractivity contribution is 6.32. The Kier molecular flexibility index (Phi) is 4.05. The maximum atomic E-state index is 6.30. The molecule has 1 aromatic rings. The number of nitrogens with zero attached hydrogens (tertiary/aromatic N) is 1. The number of halogens is 1. The lowest BCUT2D eigenvalue weighted by molar-refractivity contribution is 0.411. The van der Waals surface area contributed by atoms with Crippen LogP contribution in [0.4, 0.5) is 5.69 Å². The molecular formula is C12H19ClN2O. The minimum atomic E-state index is 0.427. The van der Waals surface area contributed by atoms with Crippen LogP contribution in [0.25, 0.3) is 0 Å². The van der Waals surface area contributed by atoms with Crippen molar-refractivity contribution in [2.24, 2.45) is 5.73 Å². The molecule has 0 aromatic heterocycles. The van der Waals surface area contributed by atoms with Crippen LogP contribution in [-0.4, -0.2) is 20.8 Å². The number of anilines is 1. The van der Waals surface area contributed by atoms with E-state index in [0.29, 0.717) is 6.67 Å². The first-order valence-electron chi connectivity index (χ1n) is 5.20. The number of hydrogen-bond acceptors (Lipinski definition) is 3. The molecule has 0 saturated heterocycles. The van der Waals surface area contributed by atoms with E-state index >= 15 is 0 Å². The Labute approximate surface area is 102 Å². The molecular weight excluding hydrogens is 224 g/mol. The second-order valence-electron chi connectivity index (χ2n) is 3.95. The summed E-state index contributed by atoms with van der Waals surface area (Å²) in [5, 5.41) is 0.786. The summed E-state index contributed by atoms with van der Waals surface area (Å²) in [6, 6.07) is 0. The van der Waals surface area contributed by atoms with Crippen molar-refractivity contribution in [3.8, 4) is 5.75 Å². The Morgan fingerprint density at radius 1 is 1.19 bits per heavy atom. The lowest BCUT2D eigenvalue weighted by Gasteiger charge is -2.25. The second kappa shape index (κ2) is 4.93. The van der Waals surface area contributed by atoms with Gasteiger partial charge < -0.3 is 15.4 Å². The largest absolute Gasteiger partial charge is 0.494 e. The zero-order chi connectivity index (χ0) is 12.5. The van der Waals surface area contributed by atoms with Crippen molar-refractivity contribution in [2.75, 3.05) is 25.7 Å². The highest BCUT2D eigenvalue weighted by atomic mass is 35.5. The summed E-state index contributed by atoms with van der Waals surface area (Å²) in [4.78, 5) is 1.94. The van der Waals surface area contributed by atoms with Gasteiger partial charge in [-0.05, 0) is 37.5 Å². The molecule has 0 unspecified atom stereocenters. The molecule has 0 heterocycles. The minimum Gasteiger partial charge on any atom is -0.494 e. The van der Waals surface area contributed by atoms with Gasteiger partial charge in [-0.15, -0.1) is 0 Å². The van der Waals surface area contributed by atoms with Crippen molar-refractivity contribution >= 4 is 17.3 Å². The van der Waals surface area contributed by atoms with Gasteiger partial charge >= 0.3 is 0 Å². The molecule has 0 bridgehead atoms. The maximum absolute atomic E-state index is 6.30. The Morgan fingerprint density at radius 3 is 2.19 bits per heavy atom. The van der Waals surface area contributed by atoms with E-state index in [1.54, 1.807) is 7.11 Å². The van der Waals surface area contributed by atoms with Gasteiger partial charge in [-0.1, -0.05) is 11.6 Å². The average molecular weight is 243 g/mol. The molecule has 0 aliphatic carbocycles. The maximum Gasteiger partial charge on any atom is 0.145 e. The molecule has 4 heteroatoms. The van der Waals surface area contributed by atoms with Crippen molar-refractivity contribution in [1.82, 2.24) is 0 Å². The van der Waals surface area contributed by atoms with Gasteiger partial charge in [0.15, 0.2) is 0 Å². The van der Waals surface area contributed by atoms with Gasteiger partial charge in [0.2, 0.25) is 0 Å². The van der Waals surface area contributed by atoms with Crippen molar-refractivity contribution < 1.29 is 4.74 Å². The molecule has 0 amide bonds. The molecule has 0 aliphatic rings. The van der Waals surface area contributed by atoms with Gasteiger partial charge in [-0.25, -0.2) is 0 Å². The fraction of sp³-hybridized carbons (Fsp3) is 0.500. The van der Waals surface area contributed by atoms with E-state index in [-0.39, 0.29) is 0 Å². The number of benzene rings is 1. The Morgan fingerprint density at radius 2 is 1.75 bits per heavy atom. The van der Waals surface area contributed by atoms with Crippen LogP contribution in [0.3, 0.4) is 0 Å². The third-order valence-electron chi connectivity index (χ3n) is 2.99. The first-order valence-corrected chi connectivity index (χ1v) is 5.57. The summed E-state index contributed by atoms with van der Waals surface area (Å²) in [5.74, 6) is 0.854. The fourth-order valence-electron chi connectivity index (χ4n) is 1.87. The molecule has 0 aliphatic heterocycles. The number of hydrogen-bond donors (Lipinski definition) is 1. The minimum absolute atomic E-state index is 0.427. The lowest BCUT2D eigenvalue weighted by Crippen LogP contribution is -2.26. The van der Waals surface area contributed by atoms with Gasteiger partial charge in [-0.3, -0.25) is 0 Å². The van der Waals surface area contributed by atoms with E-state index in [0.717, 1.165) is 33.1 Å². The summed E-state index contributed by atoms with van der Waals surface area (Å²) < 4.78 is 5.46. The van der Waals surface area contributed by atoms with Gasteiger partial charge in [0.25, 0.3) is 0 Å². The summed E-state index contributed by atoms with van der Waals surface area (Å²) in [6.45, 7) is 6.42. The van der Waals surface area contributed by atoms with Crippen molar-refractivity contribution in [2.45, 2.75) is 20.8 Å². The van der Waals surface area contributed by atoms with E-state index in [2.05, 4.69) is 0 Å². The fourth-order valence-corrected chi connectivity index (χ4v) is 2.10. The molecule has 0 fully saturated rings. The van der Waals surface area contributed by atoms with E-state index < -0.39 is 0 Å². The topological polar surface area (TPSA) is 38.5 Å². The second-order valence-corrected chi connectivity index (χ2v) is 4.33. The SMILES string of the molecule is COc1c(C)c(C)c(Cl)c(C)c1N(C)CN. The van der Waals surface area contributed by atoms with Crippen LogP contribution in [0, 0.1) is 20.8 Å². The van der Waals surface area contributed by atoms with Crippen molar-refractivity contribution in [3.63, 3.8) is 0 Å². The van der Waals surface area contributed by atoms with Crippen LogP contribution in [-0.2, 0) is 0 Å². The molecule has 16 heavy (non-hydrogen) atoms. The molecule has 0 saturated carbocycles.